The van der Waals surface area contributed by atoms with Gasteiger partial charge in [0.15, 0.2) is 5.78 Å². The van der Waals surface area contributed by atoms with Crippen LogP contribution in [0.25, 0.3) is 0 Å². The molecule has 2 N–H and O–H groups in total. The van der Waals surface area contributed by atoms with Crippen LogP contribution >= 0.6 is 0 Å². The molecule has 0 atom stereocenters. The smallest absolute Gasteiger partial charge is 0.152 e. The van der Waals surface area contributed by atoms with Crippen molar-refractivity contribution in [2.24, 2.45) is 11.7 Å². The first-order valence-corrected chi connectivity index (χ1v) is 4.53. The van der Waals surface area contributed by atoms with E-state index in [1.807, 2.05) is 0 Å². The number of nitrogens with two attached hydrogens (primary N) is 1. The maximum Gasteiger partial charge on any atom is 0.152 e. The maximum absolute atomic E-state index is 11.3. The maximum atomic E-state index is 11.3. The van der Waals surface area contributed by atoms with Crippen molar-refractivity contribution < 1.29 is 4.79 Å². The summed E-state index contributed by atoms with van der Waals surface area (Å²) in [4.78, 5) is 11.3. The molecule has 2 heteroatoms. The molecule has 0 spiro atoms. The van der Waals surface area contributed by atoms with Crippen LogP contribution in [-0.2, 0) is 4.79 Å². The van der Waals surface area contributed by atoms with Gasteiger partial charge in [-0.1, -0.05) is 12.8 Å². The van der Waals surface area contributed by atoms with Gasteiger partial charge >= 0.3 is 0 Å². The van der Waals surface area contributed by atoms with Gasteiger partial charge in [0, 0.05) is 6.42 Å². The van der Waals surface area contributed by atoms with Crippen LogP contribution in [0, 0.1) is 5.92 Å². The molecule has 2 rings (SSSR count). The minimum absolute atomic E-state index is 0.310. The third-order valence-electron chi connectivity index (χ3n) is 2.82. The van der Waals surface area contributed by atoms with E-state index < -0.39 is 0 Å². The number of ketones is 1. The molecule has 0 aromatic rings. The van der Waals surface area contributed by atoms with Crippen LogP contribution in [0.4, 0.5) is 0 Å². The van der Waals surface area contributed by atoms with E-state index in [0.29, 0.717) is 5.78 Å². The van der Waals surface area contributed by atoms with Gasteiger partial charge < -0.3 is 5.73 Å². The van der Waals surface area contributed by atoms with Gasteiger partial charge in [0.2, 0.25) is 0 Å². The Hall–Kier alpha value is -0.370. The van der Waals surface area contributed by atoms with Crippen molar-refractivity contribution in [3.8, 4) is 0 Å². The zero-order valence-electron chi connectivity index (χ0n) is 6.81. The van der Waals surface area contributed by atoms with Gasteiger partial charge in [-0.25, -0.2) is 0 Å². The molecule has 0 aliphatic heterocycles. The van der Waals surface area contributed by atoms with Crippen LogP contribution in [0.15, 0.2) is 0 Å². The lowest BCUT2D eigenvalue weighted by Gasteiger charge is -2.05. The number of hydrogen-bond donors (Lipinski definition) is 1. The van der Waals surface area contributed by atoms with Crippen molar-refractivity contribution in [2.75, 3.05) is 0 Å². The summed E-state index contributed by atoms with van der Waals surface area (Å²) in [5.74, 6) is 1.17. The van der Waals surface area contributed by atoms with E-state index >= 15 is 0 Å². The van der Waals surface area contributed by atoms with Gasteiger partial charge in [0.1, 0.15) is 0 Å². The Kier molecular flexibility index (Phi) is 1.53. The number of rotatable bonds is 4. The van der Waals surface area contributed by atoms with E-state index in [-0.39, 0.29) is 5.54 Å². The first kappa shape index (κ1) is 7.29. The molecular formula is C9H15NO. The molecule has 0 saturated heterocycles. The summed E-state index contributed by atoms with van der Waals surface area (Å²) in [6.45, 7) is 0. The molecule has 0 radical (unpaired) electrons. The van der Waals surface area contributed by atoms with Crippen molar-refractivity contribution in [3.63, 3.8) is 0 Å². The predicted molar refractivity (Wildman–Crippen MR) is 43.1 cm³/mol. The SMILES string of the molecule is NC1(C(=O)CCC2CC2)CC1. The summed E-state index contributed by atoms with van der Waals surface area (Å²) in [6, 6.07) is 0. The van der Waals surface area contributed by atoms with E-state index in [0.717, 1.165) is 31.6 Å². The molecule has 2 saturated carbocycles. The molecule has 2 nitrogen and oxygen atoms in total. The molecule has 0 aromatic heterocycles. The number of carbonyl (C=O) groups excluding carboxylic acids is 1. The van der Waals surface area contributed by atoms with Crippen LogP contribution in [0.1, 0.15) is 38.5 Å². The summed E-state index contributed by atoms with van der Waals surface area (Å²) in [5.41, 5.74) is 5.38. The highest BCUT2D eigenvalue weighted by Gasteiger charge is 2.45. The summed E-state index contributed by atoms with van der Waals surface area (Å²) in [6.07, 6.45) is 6.36. The first-order valence-electron chi connectivity index (χ1n) is 4.53. The summed E-state index contributed by atoms with van der Waals surface area (Å²) in [7, 11) is 0. The van der Waals surface area contributed by atoms with Gasteiger partial charge in [-0.2, -0.15) is 0 Å². The molecule has 0 aromatic carbocycles. The zero-order chi connectivity index (χ0) is 7.90. The molecule has 0 amide bonds. The number of carbonyl (C=O) groups is 1. The highest BCUT2D eigenvalue weighted by atomic mass is 16.1. The van der Waals surface area contributed by atoms with Crippen molar-refractivity contribution >= 4 is 5.78 Å². The number of hydrogen-bond acceptors (Lipinski definition) is 2. The quantitative estimate of drug-likeness (QED) is 0.660. The van der Waals surface area contributed by atoms with Crippen molar-refractivity contribution in [2.45, 2.75) is 44.1 Å². The Bertz CT molecular complexity index is 180. The van der Waals surface area contributed by atoms with Crippen LogP contribution in [0.5, 0.6) is 0 Å². The van der Waals surface area contributed by atoms with Crippen LogP contribution in [-0.4, -0.2) is 11.3 Å². The van der Waals surface area contributed by atoms with Gasteiger partial charge in [0.25, 0.3) is 0 Å². The Morgan fingerprint density at radius 2 is 2.09 bits per heavy atom. The fourth-order valence-electron chi connectivity index (χ4n) is 1.40. The normalized spacial score (nSPS) is 26.6. The van der Waals surface area contributed by atoms with Crippen LogP contribution in [0.2, 0.25) is 0 Å². The fourth-order valence-corrected chi connectivity index (χ4v) is 1.40. The second-order valence-electron chi connectivity index (χ2n) is 4.06. The van der Waals surface area contributed by atoms with Crippen LogP contribution < -0.4 is 5.73 Å². The third kappa shape index (κ3) is 1.62. The van der Waals surface area contributed by atoms with Crippen molar-refractivity contribution in [3.05, 3.63) is 0 Å². The molecule has 2 aliphatic carbocycles. The van der Waals surface area contributed by atoms with Gasteiger partial charge in [-0.05, 0) is 25.2 Å². The molecule has 0 heterocycles. The number of Topliss-reactive ketones (excluding diaryl/α,β-unsaturated/α-hetero) is 1. The lowest BCUT2D eigenvalue weighted by molar-refractivity contribution is -0.121. The molecule has 2 fully saturated rings. The standard InChI is InChI=1S/C9H15NO/c10-9(5-6-9)8(11)4-3-7-1-2-7/h7H,1-6,10H2. The van der Waals surface area contributed by atoms with E-state index in [1.54, 1.807) is 0 Å². The Balaban J connectivity index is 1.72. The summed E-state index contributed by atoms with van der Waals surface area (Å²) < 4.78 is 0. The lowest BCUT2D eigenvalue weighted by atomic mass is 10.1. The summed E-state index contributed by atoms with van der Waals surface area (Å²) in [5, 5.41) is 0. The fraction of sp³-hybridized carbons (Fsp3) is 0.889. The van der Waals surface area contributed by atoms with Crippen molar-refractivity contribution in [1.29, 1.82) is 0 Å². The van der Waals surface area contributed by atoms with Crippen LogP contribution in [0.3, 0.4) is 0 Å². The van der Waals surface area contributed by atoms with E-state index in [1.165, 1.54) is 12.8 Å². The average molecular weight is 153 g/mol. The first-order chi connectivity index (χ1) is 5.21. The molecule has 11 heavy (non-hydrogen) atoms. The molecular weight excluding hydrogens is 138 g/mol. The second-order valence-corrected chi connectivity index (χ2v) is 4.06. The third-order valence-corrected chi connectivity index (χ3v) is 2.82. The van der Waals surface area contributed by atoms with Gasteiger partial charge in [-0.15, -0.1) is 0 Å². The van der Waals surface area contributed by atoms with E-state index in [9.17, 15) is 4.79 Å². The monoisotopic (exact) mass is 153 g/mol. The lowest BCUT2D eigenvalue weighted by Crippen LogP contribution is -2.32. The minimum atomic E-state index is -0.366. The highest BCUT2D eigenvalue weighted by Crippen LogP contribution is 2.38. The Labute approximate surface area is 67.1 Å². The molecule has 2 aliphatic rings. The Morgan fingerprint density at radius 1 is 1.45 bits per heavy atom. The Morgan fingerprint density at radius 3 is 2.55 bits per heavy atom. The molecule has 0 bridgehead atoms. The average Bonchev–Trinajstić information content (AvgIpc) is 2.79. The topological polar surface area (TPSA) is 43.1 Å². The van der Waals surface area contributed by atoms with Gasteiger partial charge in [0.05, 0.1) is 5.54 Å². The molecule has 62 valence electrons. The second kappa shape index (κ2) is 2.31. The molecule has 0 unspecified atom stereocenters. The predicted octanol–water partition coefficient (Wildman–Crippen LogP) is 1.24. The zero-order valence-corrected chi connectivity index (χ0v) is 6.81. The minimum Gasteiger partial charge on any atom is -0.319 e. The van der Waals surface area contributed by atoms with Gasteiger partial charge in [-0.3, -0.25) is 4.79 Å². The summed E-state index contributed by atoms with van der Waals surface area (Å²) >= 11 is 0. The largest absolute Gasteiger partial charge is 0.319 e. The van der Waals surface area contributed by atoms with E-state index in [2.05, 4.69) is 0 Å². The van der Waals surface area contributed by atoms with Crippen molar-refractivity contribution in [1.82, 2.24) is 0 Å². The highest BCUT2D eigenvalue weighted by molar-refractivity contribution is 5.90. The van der Waals surface area contributed by atoms with E-state index in [4.69, 9.17) is 5.73 Å².